The monoisotopic (exact) mass is 283 g/mol. The number of carbonyl (C=O) groups is 1. The van der Waals surface area contributed by atoms with Gasteiger partial charge in [-0.15, -0.1) is 0 Å². The molecule has 0 radical (unpaired) electrons. The van der Waals surface area contributed by atoms with Crippen LogP contribution in [0.4, 0.5) is 12.9 Å². The van der Waals surface area contributed by atoms with Crippen molar-refractivity contribution in [2.75, 3.05) is 19.6 Å². The number of rotatable bonds is 2. The zero-order valence-corrected chi connectivity index (χ0v) is 13.0. The molecule has 1 aromatic carbocycles. The summed E-state index contributed by atoms with van der Waals surface area (Å²) in [5.41, 5.74) is 0.185. The van der Waals surface area contributed by atoms with E-state index in [0.29, 0.717) is 5.75 Å². The van der Waals surface area contributed by atoms with Gasteiger partial charge in [0.15, 0.2) is 0 Å². The summed E-state index contributed by atoms with van der Waals surface area (Å²) in [5.74, 6) is -0.285. The molecular weight excluding hydrogens is 273 g/mol. The van der Waals surface area contributed by atoms with Crippen molar-refractivity contribution < 1.29 is 73.9 Å². The van der Waals surface area contributed by atoms with Crippen LogP contribution in [0.5, 0.6) is 5.75 Å². The van der Waals surface area contributed by atoms with Crippen molar-refractivity contribution in [2.45, 2.75) is 0 Å². The van der Waals surface area contributed by atoms with E-state index in [0.717, 1.165) is 4.90 Å². The van der Waals surface area contributed by atoms with Gasteiger partial charge in [0, 0.05) is 0 Å². The average molecular weight is 283 g/mol. The second kappa shape index (κ2) is 6.43. The van der Waals surface area contributed by atoms with Crippen molar-refractivity contribution in [1.29, 1.82) is 0 Å². The van der Waals surface area contributed by atoms with Crippen molar-refractivity contribution in [3.8, 4) is 5.75 Å². The van der Waals surface area contributed by atoms with E-state index in [1.165, 1.54) is 6.07 Å². The Morgan fingerprint density at radius 3 is 2.61 bits per heavy atom. The topological polar surface area (TPSA) is 29.5 Å². The fourth-order valence-corrected chi connectivity index (χ4v) is 1.73. The molecule has 0 unspecified atom stereocenters. The minimum atomic E-state index is -5.02. The van der Waals surface area contributed by atoms with Crippen LogP contribution < -0.4 is 56.1 Å². The van der Waals surface area contributed by atoms with Gasteiger partial charge in [-0.25, -0.2) is 0 Å². The largest absolute Gasteiger partial charge is 1.00 e. The number of halogens is 3. The first-order valence-electron chi connectivity index (χ1n) is 5.19. The number of para-hydroxylation sites is 1. The van der Waals surface area contributed by atoms with E-state index in [4.69, 9.17) is 4.74 Å². The maximum Gasteiger partial charge on any atom is 1.00 e. The Morgan fingerprint density at radius 2 is 1.94 bits per heavy atom. The summed E-state index contributed by atoms with van der Waals surface area (Å²) in [6.45, 7) is -4.99. The molecule has 0 bridgehead atoms. The molecule has 8 heteroatoms. The number of nitrogens with zero attached hydrogens (tertiary/aromatic N) is 1. The molecule has 1 aliphatic heterocycles. The van der Waals surface area contributed by atoms with Gasteiger partial charge in [-0.2, -0.15) is 0 Å². The number of ether oxygens (including phenoxy) is 1. The third-order valence-electron chi connectivity index (χ3n) is 2.45. The molecule has 0 saturated carbocycles. The molecule has 0 atom stereocenters. The molecule has 18 heavy (non-hydrogen) atoms. The maximum absolute atomic E-state index is 12.3. The van der Waals surface area contributed by atoms with Crippen molar-refractivity contribution in [2.24, 2.45) is 0 Å². The van der Waals surface area contributed by atoms with Crippen LogP contribution in [0.25, 0.3) is 0 Å². The Balaban J connectivity index is 0.00000162. The molecule has 0 aliphatic carbocycles. The molecular formula is C10H10BF3KNO2. The summed E-state index contributed by atoms with van der Waals surface area (Å²) in [4.78, 5) is 12.7. The molecule has 0 fully saturated rings. The average Bonchev–Trinajstić information content (AvgIpc) is 2.39. The van der Waals surface area contributed by atoms with Gasteiger partial charge in [0.25, 0.3) is 5.91 Å². The molecule has 1 aromatic rings. The summed E-state index contributed by atoms with van der Waals surface area (Å²) in [5, 5.41) is 0. The molecule has 0 aromatic heterocycles. The summed E-state index contributed by atoms with van der Waals surface area (Å²) in [7, 11) is 0. The predicted octanol–water partition coefficient (Wildman–Crippen LogP) is -1.09. The number of carbonyl (C=O) groups excluding carboxylic acids is 1. The van der Waals surface area contributed by atoms with Crippen molar-refractivity contribution >= 4 is 12.9 Å². The van der Waals surface area contributed by atoms with E-state index in [1.54, 1.807) is 18.2 Å². The standard InChI is InChI=1S/C10H10BF3NO2.K/c12-11(13,14)7-15-5-6-17-9-4-2-1-3-8(9)10(15)16;/h1-4H,5-7H2;/q-1;+1. The number of hydrogen-bond donors (Lipinski definition) is 0. The summed E-state index contributed by atoms with van der Waals surface area (Å²) in [6.07, 6.45) is -1.18. The third-order valence-corrected chi connectivity index (χ3v) is 2.45. The van der Waals surface area contributed by atoms with Gasteiger partial charge < -0.3 is 22.6 Å². The zero-order valence-electron chi connectivity index (χ0n) is 9.91. The molecule has 0 saturated heterocycles. The van der Waals surface area contributed by atoms with Crippen LogP contribution >= 0.6 is 0 Å². The molecule has 3 nitrogen and oxygen atoms in total. The van der Waals surface area contributed by atoms with E-state index in [1.807, 2.05) is 0 Å². The van der Waals surface area contributed by atoms with Crippen molar-refractivity contribution in [3.05, 3.63) is 29.8 Å². The minimum absolute atomic E-state index is 0. The first-order chi connectivity index (χ1) is 7.97. The number of amides is 1. The van der Waals surface area contributed by atoms with Gasteiger partial charge in [-0.3, -0.25) is 4.79 Å². The fraction of sp³-hybridized carbons (Fsp3) is 0.300. The quantitative estimate of drug-likeness (QED) is 0.646. The summed E-state index contributed by atoms with van der Waals surface area (Å²) in [6, 6.07) is 6.33. The van der Waals surface area contributed by atoms with Gasteiger partial charge >= 0.3 is 58.4 Å². The van der Waals surface area contributed by atoms with Gasteiger partial charge in [0.05, 0.1) is 12.1 Å². The van der Waals surface area contributed by atoms with Crippen LogP contribution in [0, 0.1) is 0 Å². The van der Waals surface area contributed by atoms with Gasteiger partial charge in [0.2, 0.25) is 0 Å². The number of benzene rings is 1. The Kier molecular flexibility index (Phi) is 5.72. The molecule has 2 rings (SSSR count). The van der Waals surface area contributed by atoms with Crippen LogP contribution in [0.2, 0.25) is 0 Å². The van der Waals surface area contributed by atoms with Crippen LogP contribution in [-0.4, -0.2) is 37.4 Å². The normalized spacial score (nSPS) is 15.3. The van der Waals surface area contributed by atoms with Gasteiger partial charge in [-0.1, -0.05) is 12.1 Å². The first kappa shape index (κ1) is 16.0. The molecule has 1 heterocycles. The van der Waals surface area contributed by atoms with Crippen molar-refractivity contribution in [1.82, 2.24) is 4.90 Å². The van der Waals surface area contributed by atoms with Crippen LogP contribution in [0.15, 0.2) is 24.3 Å². The van der Waals surface area contributed by atoms with E-state index in [2.05, 4.69) is 0 Å². The summed E-state index contributed by atoms with van der Waals surface area (Å²) < 4.78 is 42.3. The van der Waals surface area contributed by atoms with E-state index < -0.39 is 19.3 Å². The van der Waals surface area contributed by atoms with Crippen LogP contribution in [-0.2, 0) is 0 Å². The SMILES string of the molecule is O=C1c2ccccc2OCCN1C[B-](F)(F)F.[K+]. The second-order valence-corrected chi connectivity index (χ2v) is 3.81. The second-order valence-electron chi connectivity index (χ2n) is 3.81. The number of hydrogen-bond acceptors (Lipinski definition) is 2. The van der Waals surface area contributed by atoms with E-state index in [-0.39, 0.29) is 70.1 Å². The smallest absolute Gasteiger partial charge is 0.491 e. The molecule has 1 aliphatic rings. The summed E-state index contributed by atoms with van der Waals surface area (Å²) >= 11 is 0. The Bertz CT molecular complexity index is 441. The molecule has 92 valence electrons. The minimum Gasteiger partial charge on any atom is -0.491 e. The molecule has 0 N–H and O–H groups in total. The van der Waals surface area contributed by atoms with E-state index in [9.17, 15) is 17.7 Å². The Hall–Kier alpha value is -0.0187. The predicted molar refractivity (Wildman–Crippen MR) is 56.9 cm³/mol. The fourth-order valence-electron chi connectivity index (χ4n) is 1.73. The Labute approximate surface area is 145 Å². The van der Waals surface area contributed by atoms with E-state index >= 15 is 0 Å². The Morgan fingerprint density at radius 1 is 1.28 bits per heavy atom. The molecule has 0 spiro atoms. The maximum atomic E-state index is 12.3. The van der Waals surface area contributed by atoms with Crippen LogP contribution in [0.3, 0.4) is 0 Å². The molecule has 1 amide bonds. The number of fused-ring (bicyclic) bond motifs is 1. The first-order valence-corrected chi connectivity index (χ1v) is 5.19. The van der Waals surface area contributed by atoms with Crippen LogP contribution in [0.1, 0.15) is 10.4 Å². The third kappa shape index (κ3) is 3.99. The van der Waals surface area contributed by atoms with Gasteiger partial charge in [0.1, 0.15) is 12.4 Å². The van der Waals surface area contributed by atoms with Crippen molar-refractivity contribution in [3.63, 3.8) is 0 Å². The van der Waals surface area contributed by atoms with Gasteiger partial charge in [-0.05, 0) is 18.6 Å². The zero-order chi connectivity index (χ0) is 12.5.